The molecule has 0 saturated carbocycles. The Labute approximate surface area is 132 Å². The molecule has 5 heteroatoms. The summed E-state index contributed by atoms with van der Waals surface area (Å²) in [6, 6.07) is 14.8. The zero-order chi connectivity index (χ0) is 15.2. The lowest BCUT2D eigenvalue weighted by Crippen LogP contribution is -2.10. The quantitative estimate of drug-likeness (QED) is 0.883. The second kappa shape index (κ2) is 7.00. The van der Waals surface area contributed by atoms with Gasteiger partial charge in [-0.05, 0) is 34.1 Å². The molecular weight excluding hydrogens is 332 g/mol. The normalized spacial score (nSPS) is 11.3. The topological polar surface area (TPSA) is 54.3 Å². The molecule has 0 aliphatic carbocycles. The smallest absolute Gasteiger partial charge is 0.167 e. The van der Waals surface area contributed by atoms with Crippen LogP contribution in [0.2, 0.25) is 0 Å². The van der Waals surface area contributed by atoms with Gasteiger partial charge < -0.3 is 14.8 Å². The molecule has 108 valence electrons. The van der Waals surface area contributed by atoms with E-state index in [1.807, 2.05) is 36.4 Å². The molecule has 2 rings (SSSR count). The molecule has 4 nitrogen and oxygen atoms in total. The summed E-state index contributed by atoms with van der Waals surface area (Å²) in [4.78, 5) is 0. The van der Waals surface area contributed by atoms with Gasteiger partial charge in [0.2, 0.25) is 0 Å². The number of nitrogens with zero attached hydrogens (tertiary/aromatic N) is 1. The van der Waals surface area contributed by atoms with Crippen molar-refractivity contribution in [3.8, 4) is 17.6 Å². The molecular formula is C16H15BrN2O2. The molecule has 2 aromatic rings. The highest BCUT2D eigenvalue weighted by Crippen LogP contribution is 2.36. The van der Waals surface area contributed by atoms with E-state index in [0.29, 0.717) is 11.5 Å². The highest BCUT2D eigenvalue weighted by molar-refractivity contribution is 9.10. The van der Waals surface area contributed by atoms with Crippen LogP contribution in [0.1, 0.15) is 11.6 Å². The Morgan fingerprint density at radius 3 is 2.48 bits per heavy atom. The maximum absolute atomic E-state index is 9.49. The van der Waals surface area contributed by atoms with Gasteiger partial charge in [-0.15, -0.1) is 0 Å². The first-order valence-electron chi connectivity index (χ1n) is 6.32. The number of para-hydroxylation sites is 2. The lowest BCUT2D eigenvalue weighted by molar-refractivity contribution is 0.351. The van der Waals surface area contributed by atoms with Crippen molar-refractivity contribution in [2.45, 2.75) is 6.04 Å². The fraction of sp³-hybridized carbons (Fsp3) is 0.188. The number of halogens is 1. The fourth-order valence-electron chi connectivity index (χ4n) is 2.05. The number of hydrogen-bond donors (Lipinski definition) is 1. The number of nitriles is 1. The van der Waals surface area contributed by atoms with Gasteiger partial charge in [-0.3, -0.25) is 0 Å². The summed E-state index contributed by atoms with van der Waals surface area (Å²) in [6.45, 7) is 0. The van der Waals surface area contributed by atoms with Crippen LogP contribution in [-0.2, 0) is 0 Å². The lowest BCUT2D eigenvalue weighted by Gasteiger charge is -2.18. The molecule has 0 spiro atoms. The van der Waals surface area contributed by atoms with E-state index in [4.69, 9.17) is 9.47 Å². The van der Waals surface area contributed by atoms with E-state index in [2.05, 4.69) is 27.3 Å². The van der Waals surface area contributed by atoms with Gasteiger partial charge in [0.15, 0.2) is 11.5 Å². The van der Waals surface area contributed by atoms with E-state index in [9.17, 15) is 5.26 Å². The second-order valence-electron chi connectivity index (χ2n) is 4.27. The molecule has 21 heavy (non-hydrogen) atoms. The van der Waals surface area contributed by atoms with Crippen molar-refractivity contribution in [1.29, 1.82) is 5.26 Å². The maximum atomic E-state index is 9.49. The van der Waals surface area contributed by atoms with Gasteiger partial charge in [0, 0.05) is 15.7 Å². The largest absolute Gasteiger partial charge is 0.493 e. The summed E-state index contributed by atoms with van der Waals surface area (Å²) in [6.07, 6.45) is 0. The van der Waals surface area contributed by atoms with Gasteiger partial charge in [0.25, 0.3) is 0 Å². The van der Waals surface area contributed by atoms with E-state index in [1.54, 1.807) is 20.3 Å². The third-order valence-corrected chi connectivity index (χ3v) is 3.74. The van der Waals surface area contributed by atoms with Crippen LogP contribution in [0.15, 0.2) is 46.9 Å². The zero-order valence-electron chi connectivity index (χ0n) is 11.8. The number of ether oxygens (including phenoxy) is 2. The monoisotopic (exact) mass is 346 g/mol. The molecule has 0 bridgehead atoms. The Hall–Kier alpha value is -2.19. The maximum Gasteiger partial charge on any atom is 0.167 e. The third-order valence-electron chi connectivity index (χ3n) is 3.05. The van der Waals surface area contributed by atoms with Crippen molar-refractivity contribution in [3.63, 3.8) is 0 Å². The first-order valence-corrected chi connectivity index (χ1v) is 7.12. The minimum atomic E-state index is -0.547. The number of nitrogens with one attached hydrogen (secondary N) is 1. The first-order chi connectivity index (χ1) is 10.2. The number of benzene rings is 2. The molecule has 0 amide bonds. The molecule has 1 atom stereocenters. The van der Waals surface area contributed by atoms with Crippen molar-refractivity contribution < 1.29 is 9.47 Å². The molecule has 0 aliphatic rings. The molecule has 0 heterocycles. The van der Waals surface area contributed by atoms with Gasteiger partial charge in [-0.25, -0.2) is 0 Å². The number of methoxy groups -OCH3 is 2. The van der Waals surface area contributed by atoms with Gasteiger partial charge in [0.1, 0.15) is 6.04 Å². The summed E-state index contributed by atoms with van der Waals surface area (Å²) < 4.78 is 11.6. The molecule has 0 saturated heterocycles. The van der Waals surface area contributed by atoms with Crippen molar-refractivity contribution in [2.24, 2.45) is 0 Å². The highest BCUT2D eigenvalue weighted by atomic mass is 79.9. The van der Waals surface area contributed by atoms with Gasteiger partial charge in [-0.1, -0.05) is 24.3 Å². The number of hydrogen-bond acceptors (Lipinski definition) is 4. The van der Waals surface area contributed by atoms with Gasteiger partial charge in [0.05, 0.1) is 20.3 Å². The molecule has 1 unspecified atom stereocenters. The number of rotatable bonds is 5. The average molecular weight is 347 g/mol. The summed E-state index contributed by atoms with van der Waals surface area (Å²) in [7, 11) is 3.14. The van der Waals surface area contributed by atoms with Crippen LogP contribution in [0.3, 0.4) is 0 Å². The molecule has 0 aliphatic heterocycles. The fourth-order valence-corrected chi connectivity index (χ4v) is 2.45. The van der Waals surface area contributed by atoms with Crippen molar-refractivity contribution in [3.05, 3.63) is 52.5 Å². The van der Waals surface area contributed by atoms with E-state index >= 15 is 0 Å². The summed E-state index contributed by atoms with van der Waals surface area (Å²) in [5.41, 5.74) is 1.57. The van der Waals surface area contributed by atoms with E-state index in [0.717, 1.165) is 15.7 Å². The summed E-state index contributed by atoms with van der Waals surface area (Å²) >= 11 is 3.46. The molecule has 0 aromatic heterocycles. The van der Waals surface area contributed by atoms with E-state index in [1.165, 1.54) is 0 Å². The SMILES string of the molecule is COc1cccc(C(C#N)Nc2ccccc2Br)c1OC. The Kier molecular flexibility index (Phi) is 5.07. The minimum absolute atomic E-state index is 0.547. The standard InChI is InChI=1S/C16H15BrN2O2/c1-20-15-9-5-6-11(16(15)21-2)14(10-18)19-13-8-4-3-7-12(13)17/h3-9,14,19H,1-2H3. The van der Waals surface area contributed by atoms with Gasteiger partial charge in [-0.2, -0.15) is 5.26 Å². The number of anilines is 1. The molecule has 0 radical (unpaired) electrons. The van der Waals surface area contributed by atoms with Gasteiger partial charge >= 0.3 is 0 Å². The van der Waals surface area contributed by atoms with Crippen LogP contribution in [0.25, 0.3) is 0 Å². The predicted octanol–water partition coefficient (Wildman–Crippen LogP) is 4.14. The first kappa shape index (κ1) is 15.2. The van der Waals surface area contributed by atoms with Crippen LogP contribution in [0.4, 0.5) is 5.69 Å². The molecule has 2 aromatic carbocycles. The molecule has 1 N–H and O–H groups in total. The predicted molar refractivity (Wildman–Crippen MR) is 85.7 cm³/mol. The molecule has 0 fully saturated rings. The van der Waals surface area contributed by atoms with Crippen LogP contribution in [0.5, 0.6) is 11.5 Å². The van der Waals surface area contributed by atoms with Crippen LogP contribution in [0, 0.1) is 11.3 Å². The zero-order valence-corrected chi connectivity index (χ0v) is 13.3. The van der Waals surface area contributed by atoms with Crippen molar-refractivity contribution in [1.82, 2.24) is 0 Å². The van der Waals surface area contributed by atoms with Crippen LogP contribution >= 0.6 is 15.9 Å². The van der Waals surface area contributed by atoms with Crippen LogP contribution < -0.4 is 14.8 Å². The van der Waals surface area contributed by atoms with E-state index < -0.39 is 6.04 Å². The Balaban J connectivity index is 2.39. The lowest BCUT2D eigenvalue weighted by atomic mass is 10.1. The highest BCUT2D eigenvalue weighted by Gasteiger charge is 2.19. The Bertz CT molecular complexity index is 668. The summed E-state index contributed by atoms with van der Waals surface area (Å²) in [5, 5.41) is 12.7. The summed E-state index contributed by atoms with van der Waals surface area (Å²) in [5.74, 6) is 1.16. The second-order valence-corrected chi connectivity index (χ2v) is 5.12. The third kappa shape index (κ3) is 3.29. The average Bonchev–Trinajstić information content (AvgIpc) is 2.53. The van der Waals surface area contributed by atoms with Crippen molar-refractivity contribution >= 4 is 21.6 Å². The Morgan fingerprint density at radius 2 is 1.86 bits per heavy atom. The van der Waals surface area contributed by atoms with E-state index in [-0.39, 0.29) is 0 Å². The van der Waals surface area contributed by atoms with Crippen LogP contribution in [-0.4, -0.2) is 14.2 Å². The minimum Gasteiger partial charge on any atom is -0.493 e. The van der Waals surface area contributed by atoms with Crippen molar-refractivity contribution in [2.75, 3.05) is 19.5 Å². The Morgan fingerprint density at radius 1 is 1.10 bits per heavy atom.